The average Bonchev–Trinajstić information content (AvgIpc) is 2.64. The first-order chi connectivity index (χ1) is 11.7. The summed E-state index contributed by atoms with van der Waals surface area (Å²) in [7, 11) is 1.54. The predicted octanol–water partition coefficient (Wildman–Crippen LogP) is 2.89. The third-order valence-corrected chi connectivity index (χ3v) is 4.49. The van der Waals surface area contributed by atoms with Crippen LogP contribution in [0.15, 0.2) is 42.6 Å². The van der Waals surface area contributed by atoms with E-state index in [1.54, 1.807) is 25.4 Å². The van der Waals surface area contributed by atoms with E-state index < -0.39 is 0 Å². The lowest BCUT2D eigenvalue weighted by atomic mass is 9.91. The maximum absolute atomic E-state index is 12.6. The third-order valence-electron chi connectivity index (χ3n) is 4.49. The highest BCUT2D eigenvalue weighted by molar-refractivity contribution is 5.96. The highest BCUT2D eigenvalue weighted by atomic mass is 16.5. The Labute approximate surface area is 141 Å². The van der Waals surface area contributed by atoms with Crippen LogP contribution >= 0.6 is 0 Å². The van der Waals surface area contributed by atoms with Crippen LogP contribution in [0.2, 0.25) is 0 Å². The number of phenolic OH excluding ortho intramolecular Hbond substituents is 1. The zero-order chi connectivity index (χ0) is 16.9. The molecule has 1 saturated heterocycles. The fourth-order valence-electron chi connectivity index (χ4n) is 3.23. The Hall–Kier alpha value is -2.40. The first-order valence-electron chi connectivity index (χ1n) is 8.21. The van der Waals surface area contributed by atoms with Crippen molar-refractivity contribution in [3.8, 4) is 11.5 Å². The molecule has 5 nitrogen and oxygen atoms in total. The molecule has 0 bridgehead atoms. The van der Waals surface area contributed by atoms with Crippen molar-refractivity contribution in [2.45, 2.75) is 19.4 Å². The SMILES string of the molecule is COc1cccc(CN2CCCC(C(=O)c3ccccn3)C2)c1O. The first kappa shape index (κ1) is 16.5. The van der Waals surface area contributed by atoms with Crippen molar-refractivity contribution < 1.29 is 14.6 Å². The van der Waals surface area contributed by atoms with Crippen LogP contribution in [-0.2, 0) is 6.54 Å². The number of hydrogen-bond acceptors (Lipinski definition) is 5. The van der Waals surface area contributed by atoms with Crippen LogP contribution in [0.4, 0.5) is 0 Å². The molecule has 2 aromatic rings. The normalized spacial score (nSPS) is 18.3. The number of ketones is 1. The highest BCUT2D eigenvalue weighted by Crippen LogP contribution is 2.31. The maximum Gasteiger partial charge on any atom is 0.185 e. The number of piperidine rings is 1. The van der Waals surface area contributed by atoms with Crippen molar-refractivity contribution in [2.24, 2.45) is 5.92 Å². The number of carbonyl (C=O) groups is 1. The minimum absolute atomic E-state index is 0.0404. The van der Waals surface area contributed by atoms with Crippen molar-refractivity contribution in [1.29, 1.82) is 0 Å². The molecule has 1 fully saturated rings. The van der Waals surface area contributed by atoms with Gasteiger partial charge in [0, 0.05) is 30.8 Å². The molecule has 0 saturated carbocycles. The second-order valence-electron chi connectivity index (χ2n) is 6.12. The molecule has 1 atom stereocenters. The lowest BCUT2D eigenvalue weighted by Gasteiger charge is -2.32. The molecular weight excluding hydrogens is 304 g/mol. The lowest BCUT2D eigenvalue weighted by molar-refractivity contribution is 0.0805. The number of para-hydroxylation sites is 1. The van der Waals surface area contributed by atoms with E-state index in [9.17, 15) is 9.90 Å². The molecule has 0 radical (unpaired) electrons. The number of carbonyl (C=O) groups excluding carboxylic acids is 1. The van der Waals surface area contributed by atoms with E-state index in [-0.39, 0.29) is 17.5 Å². The number of ether oxygens (including phenoxy) is 1. The molecule has 1 aromatic heterocycles. The number of pyridine rings is 1. The molecule has 5 heteroatoms. The molecule has 126 valence electrons. The fraction of sp³-hybridized carbons (Fsp3) is 0.368. The zero-order valence-electron chi connectivity index (χ0n) is 13.8. The Morgan fingerprint density at radius 3 is 2.96 bits per heavy atom. The summed E-state index contributed by atoms with van der Waals surface area (Å²) >= 11 is 0. The van der Waals surface area contributed by atoms with Gasteiger partial charge in [0.2, 0.25) is 0 Å². The van der Waals surface area contributed by atoms with Gasteiger partial charge >= 0.3 is 0 Å². The number of rotatable bonds is 5. The van der Waals surface area contributed by atoms with Gasteiger partial charge in [-0.05, 0) is 37.6 Å². The Balaban J connectivity index is 1.69. The van der Waals surface area contributed by atoms with E-state index in [2.05, 4.69) is 9.88 Å². The second-order valence-corrected chi connectivity index (χ2v) is 6.12. The van der Waals surface area contributed by atoms with Crippen LogP contribution in [0, 0.1) is 5.92 Å². The molecule has 2 heterocycles. The Kier molecular flexibility index (Phi) is 5.11. The number of aromatic nitrogens is 1. The second kappa shape index (κ2) is 7.45. The number of phenols is 1. The summed E-state index contributed by atoms with van der Waals surface area (Å²) < 4.78 is 5.16. The average molecular weight is 326 g/mol. The van der Waals surface area contributed by atoms with Crippen LogP contribution in [0.1, 0.15) is 28.9 Å². The van der Waals surface area contributed by atoms with Crippen molar-refractivity contribution in [3.05, 3.63) is 53.9 Å². The number of Topliss-reactive ketones (excluding diaryl/α,β-unsaturated/α-hetero) is 1. The number of methoxy groups -OCH3 is 1. The third kappa shape index (κ3) is 3.57. The van der Waals surface area contributed by atoms with E-state index in [4.69, 9.17) is 4.74 Å². The van der Waals surface area contributed by atoms with Crippen molar-refractivity contribution in [1.82, 2.24) is 9.88 Å². The smallest absolute Gasteiger partial charge is 0.185 e. The van der Waals surface area contributed by atoms with Gasteiger partial charge < -0.3 is 9.84 Å². The largest absolute Gasteiger partial charge is 0.504 e. The van der Waals surface area contributed by atoms with Crippen LogP contribution in [0.3, 0.4) is 0 Å². The van der Waals surface area contributed by atoms with E-state index >= 15 is 0 Å². The van der Waals surface area contributed by atoms with E-state index in [1.165, 1.54) is 0 Å². The van der Waals surface area contributed by atoms with Gasteiger partial charge in [-0.1, -0.05) is 18.2 Å². The van der Waals surface area contributed by atoms with Crippen LogP contribution in [-0.4, -0.2) is 41.0 Å². The van der Waals surface area contributed by atoms with Gasteiger partial charge in [0.15, 0.2) is 17.3 Å². The van der Waals surface area contributed by atoms with Gasteiger partial charge in [-0.15, -0.1) is 0 Å². The van der Waals surface area contributed by atoms with Crippen molar-refractivity contribution in [2.75, 3.05) is 20.2 Å². The van der Waals surface area contributed by atoms with Gasteiger partial charge in [0.05, 0.1) is 7.11 Å². The molecule has 0 amide bonds. The van der Waals surface area contributed by atoms with E-state index in [1.807, 2.05) is 24.3 Å². The van der Waals surface area contributed by atoms with E-state index in [0.717, 1.165) is 24.9 Å². The molecule has 3 rings (SSSR count). The first-order valence-corrected chi connectivity index (χ1v) is 8.21. The molecule has 24 heavy (non-hydrogen) atoms. The van der Waals surface area contributed by atoms with Gasteiger partial charge in [0.1, 0.15) is 5.69 Å². The lowest BCUT2D eigenvalue weighted by Crippen LogP contribution is -2.38. The van der Waals surface area contributed by atoms with Crippen LogP contribution in [0.25, 0.3) is 0 Å². The van der Waals surface area contributed by atoms with Gasteiger partial charge in [-0.3, -0.25) is 14.7 Å². The molecule has 0 spiro atoms. The Bertz CT molecular complexity index is 703. The maximum atomic E-state index is 12.6. The summed E-state index contributed by atoms with van der Waals surface area (Å²) in [5.74, 6) is 0.723. The summed E-state index contributed by atoms with van der Waals surface area (Å²) in [5, 5.41) is 10.2. The van der Waals surface area contributed by atoms with Crippen molar-refractivity contribution >= 4 is 5.78 Å². The molecule has 1 unspecified atom stereocenters. The molecular formula is C19H22N2O3. The van der Waals surface area contributed by atoms with E-state index in [0.29, 0.717) is 24.5 Å². The standard InChI is InChI=1S/C19H22N2O3/c1-24-17-9-4-6-15(19(17)23)13-21-11-5-7-14(12-21)18(22)16-8-2-3-10-20-16/h2-4,6,8-10,14,23H,5,7,11-13H2,1H3. The Morgan fingerprint density at radius 1 is 1.33 bits per heavy atom. The number of nitrogens with zero attached hydrogens (tertiary/aromatic N) is 2. The molecule has 1 aromatic carbocycles. The number of benzene rings is 1. The minimum Gasteiger partial charge on any atom is -0.504 e. The summed E-state index contributed by atoms with van der Waals surface area (Å²) in [6, 6.07) is 10.9. The molecule has 0 aliphatic carbocycles. The summed E-state index contributed by atoms with van der Waals surface area (Å²) in [5.41, 5.74) is 1.36. The fourth-order valence-corrected chi connectivity index (χ4v) is 3.23. The van der Waals surface area contributed by atoms with Crippen LogP contribution in [0.5, 0.6) is 11.5 Å². The van der Waals surface area contributed by atoms with Gasteiger partial charge in [-0.25, -0.2) is 0 Å². The summed E-state index contributed by atoms with van der Waals surface area (Å²) in [6.45, 7) is 2.21. The zero-order valence-corrected chi connectivity index (χ0v) is 13.8. The highest BCUT2D eigenvalue weighted by Gasteiger charge is 2.27. The van der Waals surface area contributed by atoms with Crippen LogP contribution < -0.4 is 4.74 Å². The topological polar surface area (TPSA) is 62.7 Å². The van der Waals surface area contributed by atoms with Gasteiger partial charge in [-0.2, -0.15) is 0 Å². The number of likely N-dealkylation sites (tertiary alicyclic amines) is 1. The van der Waals surface area contributed by atoms with Gasteiger partial charge in [0.25, 0.3) is 0 Å². The number of hydrogen-bond donors (Lipinski definition) is 1. The Morgan fingerprint density at radius 2 is 2.21 bits per heavy atom. The number of aromatic hydroxyl groups is 1. The van der Waals surface area contributed by atoms with Crippen molar-refractivity contribution in [3.63, 3.8) is 0 Å². The molecule has 1 N–H and O–H groups in total. The molecule has 1 aliphatic rings. The predicted molar refractivity (Wildman–Crippen MR) is 91.2 cm³/mol. The quantitative estimate of drug-likeness (QED) is 0.856. The summed E-state index contributed by atoms with van der Waals surface area (Å²) in [4.78, 5) is 19.0. The monoisotopic (exact) mass is 326 g/mol. The summed E-state index contributed by atoms with van der Waals surface area (Å²) in [6.07, 6.45) is 3.51. The minimum atomic E-state index is -0.0404. The molecule has 1 aliphatic heterocycles.